The number of nitrogens with zero attached hydrogens (tertiary/aromatic N) is 5. The van der Waals surface area contributed by atoms with Crippen molar-refractivity contribution in [1.82, 2.24) is 24.1 Å². The zero-order chi connectivity index (χ0) is 29.8. The maximum atomic E-state index is 10.9. The van der Waals surface area contributed by atoms with E-state index in [1.54, 1.807) is 36.4 Å². The zero-order valence-electron chi connectivity index (χ0n) is 21.0. The molecule has 4 heterocycles. The number of phenols is 8. The van der Waals surface area contributed by atoms with Crippen LogP contribution in [0.25, 0.3) is 55.6 Å². The number of para-hydroxylation sites is 1. The lowest BCUT2D eigenvalue weighted by Gasteiger charge is -2.17. The number of aromatic nitrogens is 5. The highest BCUT2D eigenvalue weighted by molar-refractivity contribution is 6.37. The SMILES string of the molecule is [B]c1c(O)c(O)c(-n2c3ccccc3c3nc4c5ncccc5n(-c5c(O)c([B])c(O)c(O)c5O)c4nc32)c(O)c1O. The highest BCUT2D eigenvalue weighted by Gasteiger charge is 2.30. The minimum absolute atomic E-state index is 0.0168. The number of hydrogen-bond donors (Lipinski definition) is 8. The van der Waals surface area contributed by atoms with Crippen LogP contribution in [0, 0.1) is 0 Å². The Kier molecular flexibility index (Phi) is 4.92. The Labute approximate surface area is 235 Å². The van der Waals surface area contributed by atoms with E-state index in [0.29, 0.717) is 10.9 Å². The van der Waals surface area contributed by atoms with Crippen molar-refractivity contribution in [1.29, 1.82) is 0 Å². The summed E-state index contributed by atoms with van der Waals surface area (Å²) in [5.74, 6) is -7.13. The van der Waals surface area contributed by atoms with Gasteiger partial charge < -0.3 is 40.9 Å². The van der Waals surface area contributed by atoms with Crippen LogP contribution >= 0.6 is 0 Å². The van der Waals surface area contributed by atoms with Gasteiger partial charge >= 0.3 is 0 Å². The fraction of sp³-hybridized carbons (Fsp3) is 0. The van der Waals surface area contributed by atoms with Crippen LogP contribution in [-0.4, -0.2) is 80.6 Å². The maximum absolute atomic E-state index is 10.9. The first-order valence-corrected chi connectivity index (χ1v) is 12.1. The molecule has 0 amide bonds. The molecule has 0 bridgehead atoms. The van der Waals surface area contributed by atoms with Gasteiger partial charge in [-0.05, 0) is 29.1 Å². The van der Waals surface area contributed by atoms with Gasteiger partial charge in [0.05, 0.1) is 11.0 Å². The van der Waals surface area contributed by atoms with Gasteiger partial charge in [-0.1, -0.05) is 18.2 Å². The molecule has 202 valence electrons. The van der Waals surface area contributed by atoms with Crippen molar-refractivity contribution in [2.45, 2.75) is 0 Å². The molecule has 7 rings (SSSR count). The summed E-state index contributed by atoms with van der Waals surface area (Å²) in [6.07, 6.45) is 1.49. The average molecular weight is 559 g/mol. The molecule has 0 aliphatic carbocycles. The number of rotatable bonds is 2. The van der Waals surface area contributed by atoms with E-state index in [9.17, 15) is 40.9 Å². The van der Waals surface area contributed by atoms with Crippen LogP contribution < -0.4 is 10.9 Å². The monoisotopic (exact) mass is 559 g/mol. The van der Waals surface area contributed by atoms with E-state index in [1.165, 1.54) is 15.3 Å². The summed E-state index contributed by atoms with van der Waals surface area (Å²) in [4.78, 5) is 13.9. The van der Waals surface area contributed by atoms with Gasteiger partial charge in [0.2, 0.25) is 5.75 Å². The van der Waals surface area contributed by atoms with E-state index in [1.807, 2.05) is 0 Å². The van der Waals surface area contributed by atoms with Gasteiger partial charge in [-0.25, -0.2) is 9.97 Å². The van der Waals surface area contributed by atoms with Gasteiger partial charge in [0.1, 0.15) is 49.4 Å². The van der Waals surface area contributed by atoms with Gasteiger partial charge in [-0.3, -0.25) is 14.1 Å². The molecule has 0 saturated carbocycles. The summed E-state index contributed by atoms with van der Waals surface area (Å²) in [7, 11) is 11.4. The Hall–Kier alpha value is -5.98. The molecule has 15 heteroatoms. The molecule has 0 spiro atoms. The Morgan fingerprint density at radius 1 is 0.500 bits per heavy atom. The number of pyridine rings is 1. The van der Waals surface area contributed by atoms with Gasteiger partial charge in [-0.2, -0.15) is 0 Å². The molecule has 0 fully saturated rings. The van der Waals surface area contributed by atoms with Crippen molar-refractivity contribution < 1.29 is 40.9 Å². The van der Waals surface area contributed by atoms with Crippen molar-refractivity contribution in [3.8, 4) is 57.4 Å². The Morgan fingerprint density at radius 3 is 1.74 bits per heavy atom. The molecule has 0 aliphatic heterocycles. The molecule has 0 aliphatic rings. The van der Waals surface area contributed by atoms with Crippen LogP contribution in [-0.2, 0) is 0 Å². The van der Waals surface area contributed by atoms with Crippen molar-refractivity contribution in [3.05, 3.63) is 42.6 Å². The highest BCUT2D eigenvalue weighted by Crippen LogP contribution is 2.48. The van der Waals surface area contributed by atoms with Crippen LogP contribution in [0.2, 0.25) is 0 Å². The number of phenolic OH excluding ortho intramolecular Hbond substituents is 8. The Balaban J connectivity index is 1.73. The molecule has 4 radical (unpaired) electrons. The van der Waals surface area contributed by atoms with Gasteiger partial charge in [0, 0.05) is 11.6 Å². The summed E-state index contributed by atoms with van der Waals surface area (Å²) in [6.45, 7) is 0. The minimum atomic E-state index is -0.995. The van der Waals surface area contributed by atoms with Crippen LogP contribution in [0.1, 0.15) is 0 Å². The third-order valence-electron chi connectivity index (χ3n) is 7.20. The van der Waals surface area contributed by atoms with Gasteiger partial charge in [0.15, 0.2) is 45.8 Å². The first-order valence-electron chi connectivity index (χ1n) is 12.1. The fourth-order valence-electron chi connectivity index (χ4n) is 5.21. The lowest BCUT2D eigenvalue weighted by Crippen LogP contribution is -2.09. The number of aromatic hydroxyl groups is 8. The molecule has 3 aromatic carbocycles. The molecule has 0 atom stereocenters. The third-order valence-corrected chi connectivity index (χ3v) is 7.20. The quantitative estimate of drug-likeness (QED) is 0.0860. The maximum Gasteiger partial charge on any atom is 0.202 e. The predicted molar refractivity (Wildman–Crippen MR) is 153 cm³/mol. The second-order valence-electron chi connectivity index (χ2n) is 9.44. The molecule has 0 saturated heterocycles. The summed E-state index contributed by atoms with van der Waals surface area (Å²) in [6, 6.07) is 9.85. The average Bonchev–Trinajstić information content (AvgIpc) is 3.49. The molecule has 0 unspecified atom stereocenters. The van der Waals surface area contributed by atoms with Crippen LogP contribution in [0.15, 0.2) is 42.6 Å². The number of fused-ring (bicyclic) bond motifs is 6. The molecule has 13 nitrogen and oxygen atoms in total. The highest BCUT2D eigenvalue weighted by atomic mass is 16.3. The van der Waals surface area contributed by atoms with Gasteiger partial charge in [0.25, 0.3) is 0 Å². The van der Waals surface area contributed by atoms with Crippen molar-refractivity contribution in [2.24, 2.45) is 0 Å². The largest absolute Gasteiger partial charge is 0.506 e. The van der Waals surface area contributed by atoms with E-state index in [-0.39, 0.29) is 33.4 Å². The van der Waals surface area contributed by atoms with Gasteiger partial charge in [-0.15, -0.1) is 0 Å². The van der Waals surface area contributed by atoms with Crippen molar-refractivity contribution >= 4 is 70.9 Å². The van der Waals surface area contributed by atoms with Crippen LogP contribution in [0.5, 0.6) is 46.0 Å². The molecular weight excluding hydrogens is 544 g/mol. The van der Waals surface area contributed by atoms with Crippen molar-refractivity contribution in [2.75, 3.05) is 0 Å². The van der Waals surface area contributed by atoms with E-state index in [4.69, 9.17) is 25.7 Å². The normalized spacial score (nSPS) is 11.8. The second kappa shape index (κ2) is 8.27. The minimum Gasteiger partial charge on any atom is -0.506 e. The second-order valence-corrected chi connectivity index (χ2v) is 9.44. The van der Waals surface area contributed by atoms with E-state index >= 15 is 0 Å². The van der Waals surface area contributed by atoms with Crippen LogP contribution in [0.3, 0.4) is 0 Å². The molecule has 7 aromatic rings. The first-order chi connectivity index (χ1) is 20.0. The van der Waals surface area contributed by atoms with Crippen molar-refractivity contribution in [3.63, 3.8) is 0 Å². The van der Waals surface area contributed by atoms with E-state index < -0.39 is 68.3 Å². The van der Waals surface area contributed by atoms with E-state index in [2.05, 4.69) is 4.98 Å². The molecule has 8 N–H and O–H groups in total. The fourth-order valence-corrected chi connectivity index (χ4v) is 5.21. The summed E-state index contributed by atoms with van der Waals surface area (Å²) >= 11 is 0. The lowest BCUT2D eigenvalue weighted by atomic mass is 9.92. The number of benzene rings is 3. The first kappa shape index (κ1) is 25.0. The Bertz CT molecular complexity index is 2120. The third kappa shape index (κ3) is 2.96. The van der Waals surface area contributed by atoms with E-state index in [0.717, 1.165) is 0 Å². The number of hydrogen-bond acceptors (Lipinski definition) is 11. The smallest absolute Gasteiger partial charge is 0.202 e. The molecule has 4 aromatic heterocycles. The Morgan fingerprint density at radius 2 is 1.02 bits per heavy atom. The molecular formula is C27H15B2N5O8. The summed E-state index contributed by atoms with van der Waals surface area (Å²) in [5.41, 5.74) is -0.920. The summed E-state index contributed by atoms with van der Waals surface area (Å²) < 4.78 is 2.45. The summed E-state index contributed by atoms with van der Waals surface area (Å²) in [5, 5.41) is 85.2. The molecule has 42 heavy (non-hydrogen) atoms. The lowest BCUT2D eigenvalue weighted by molar-refractivity contribution is 0.363. The topological polar surface area (TPSA) is 210 Å². The predicted octanol–water partition coefficient (Wildman–Crippen LogP) is 1.30. The standard InChI is InChI=1S/C27H15B2N5O8/c28-11-18(35)16(24(41)25(42)21(11)38)34-10-6-3-7-30-14(10)15-27(34)32-26-13(31-15)8-4-1-2-5-9(8)33(26)17-22(39)19(36)12(29)20(37)23(17)40/h1-7,35-42H. The zero-order valence-corrected chi connectivity index (χ0v) is 21.0. The van der Waals surface area contributed by atoms with Crippen LogP contribution in [0.4, 0.5) is 0 Å².